The molecule has 1 aromatic rings. The Bertz CT molecular complexity index is 556. The minimum absolute atomic E-state index is 0.0753. The maximum Gasteiger partial charge on any atom is 0.328 e. The largest absolute Gasteiger partial charge is 0.481 e. The number of hydrogen-bond donors (Lipinski definition) is 2. The van der Waals surface area contributed by atoms with E-state index in [1.165, 1.54) is 6.92 Å². The summed E-state index contributed by atoms with van der Waals surface area (Å²) in [6, 6.07) is -1.50. The fourth-order valence-corrected chi connectivity index (χ4v) is 1.55. The molecule has 0 aromatic carbocycles. The first-order chi connectivity index (χ1) is 10.3. The molecule has 1 aromatic heterocycles. The SMILES string of the molecule is CCOC(=O)C(CCC(=O)O)Nc1c(F)c(F)nc(F)c1F. The Morgan fingerprint density at radius 1 is 1.23 bits per heavy atom. The predicted octanol–water partition coefficient (Wildman–Crippen LogP) is 1.85. The van der Waals surface area contributed by atoms with Crippen molar-refractivity contribution in [2.75, 3.05) is 11.9 Å². The van der Waals surface area contributed by atoms with Gasteiger partial charge in [0, 0.05) is 6.42 Å². The van der Waals surface area contributed by atoms with Crippen molar-refractivity contribution in [3.05, 3.63) is 23.5 Å². The summed E-state index contributed by atoms with van der Waals surface area (Å²) in [7, 11) is 0. The lowest BCUT2D eigenvalue weighted by Gasteiger charge is -2.18. The van der Waals surface area contributed by atoms with E-state index >= 15 is 0 Å². The van der Waals surface area contributed by atoms with Crippen LogP contribution in [0.4, 0.5) is 23.2 Å². The topological polar surface area (TPSA) is 88.5 Å². The lowest BCUT2D eigenvalue weighted by atomic mass is 10.1. The Kier molecular flexibility index (Phi) is 6.08. The quantitative estimate of drug-likeness (QED) is 0.452. The molecule has 6 nitrogen and oxygen atoms in total. The van der Waals surface area contributed by atoms with E-state index < -0.39 is 60.0 Å². The van der Waals surface area contributed by atoms with E-state index in [1.807, 2.05) is 5.32 Å². The first-order valence-corrected chi connectivity index (χ1v) is 6.12. The number of pyridine rings is 1. The maximum atomic E-state index is 13.5. The van der Waals surface area contributed by atoms with Gasteiger partial charge in [0.1, 0.15) is 11.7 Å². The molecule has 0 aliphatic rings. The normalized spacial score (nSPS) is 11.9. The molecule has 22 heavy (non-hydrogen) atoms. The summed E-state index contributed by atoms with van der Waals surface area (Å²) in [5, 5.41) is 10.5. The Labute approximate surface area is 122 Å². The number of aromatic nitrogens is 1. The standard InChI is InChI=1S/C12H12F4N2O4/c1-2-22-12(21)5(3-4-6(19)20)17-9-7(13)10(15)18-11(16)8(9)14/h5H,2-4H2,1H3,(H,17,18)(H,19,20). The van der Waals surface area contributed by atoms with Gasteiger partial charge in [0.05, 0.1) is 6.61 Å². The van der Waals surface area contributed by atoms with Gasteiger partial charge in [-0.2, -0.15) is 22.5 Å². The van der Waals surface area contributed by atoms with E-state index in [4.69, 9.17) is 5.11 Å². The third kappa shape index (κ3) is 4.30. The minimum Gasteiger partial charge on any atom is -0.481 e. The van der Waals surface area contributed by atoms with Crippen LogP contribution in [-0.4, -0.2) is 34.7 Å². The molecule has 1 rings (SSSR count). The second-order valence-corrected chi connectivity index (χ2v) is 4.08. The highest BCUT2D eigenvalue weighted by atomic mass is 19.2. The Hall–Kier alpha value is -2.39. The zero-order valence-corrected chi connectivity index (χ0v) is 11.3. The van der Waals surface area contributed by atoms with Gasteiger partial charge in [-0.3, -0.25) is 4.79 Å². The first-order valence-electron chi connectivity index (χ1n) is 6.12. The van der Waals surface area contributed by atoms with Crippen LogP contribution in [0.1, 0.15) is 19.8 Å². The van der Waals surface area contributed by atoms with Gasteiger partial charge in [-0.15, -0.1) is 0 Å². The molecule has 0 spiro atoms. The average Bonchev–Trinajstić information content (AvgIpc) is 2.44. The van der Waals surface area contributed by atoms with Crippen molar-refractivity contribution in [2.45, 2.75) is 25.8 Å². The van der Waals surface area contributed by atoms with Crippen molar-refractivity contribution in [3.63, 3.8) is 0 Å². The summed E-state index contributed by atoms with van der Waals surface area (Å²) in [6.45, 7) is 1.38. The van der Waals surface area contributed by atoms with Gasteiger partial charge in [-0.1, -0.05) is 0 Å². The van der Waals surface area contributed by atoms with Crippen LogP contribution >= 0.6 is 0 Å². The number of carboxylic acids is 1. The predicted molar refractivity (Wildman–Crippen MR) is 65.0 cm³/mol. The number of carbonyl (C=O) groups excluding carboxylic acids is 1. The zero-order valence-electron chi connectivity index (χ0n) is 11.3. The highest BCUT2D eigenvalue weighted by Crippen LogP contribution is 2.23. The van der Waals surface area contributed by atoms with Crippen LogP contribution < -0.4 is 5.32 Å². The van der Waals surface area contributed by atoms with Crippen LogP contribution in [0.5, 0.6) is 0 Å². The van der Waals surface area contributed by atoms with E-state index in [0.717, 1.165) is 0 Å². The number of nitrogens with one attached hydrogen (secondary N) is 1. The number of hydrogen-bond acceptors (Lipinski definition) is 5. The van der Waals surface area contributed by atoms with E-state index in [9.17, 15) is 27.2 Å². The van der Waals surface area contributed by atoms with Crippen molar-refractivity contribution >= 4 is 17.6 Å². The fraction of sp³-hybridized carbons (Fsp3) is 0.417. The van der Waals surface area contributed by atoms with Gasteiger partial charge in [-0.05, 0) is 13.3 Å². The smallest absolute Gasteiger partial charge is 0.328 e. The Morgan fingerprint density at radius 3 is 2.23 bits per heavy atom. The fourth-order valence-electron chi connectivity index (χ4n) is 1.55. The molecule has 0 bridgehead atoms. The number of carbonyl (C=O) groups is 2. The van der Waals surface area contributed by atoms with Gasteiger partial charge in [0.2, 0.25) is 11.6 Å². The number of ether oxygens (including phenoxy) is 1. The first kappa shape index (κ1) is 17.7. The van der Waals surface area contributed by atoms with Crippen LogP contribution in [0.15, 0.2) is 0 Å². The van der Waals surface area contributed by atoms with Crippen LogP contribution in [0, 0.1) is 23.5 Å². The lowest BCUT2D eigenvalue weighted by molar-refractivity contribution is -0.144. The Balaban J connectivity index is 3.08. The van der Waals surface area contributed by atoms with Crippen molar-refractivity contribution in [2.24, 2.45) is 0 Å². The molecule has 0 radical (unpaired) electrons. The molecule has 0 fully saturated rings. The number of rotatable bonds is 7. The van der Waals surface area contributed by atoms with E-state index in [0.29, 0.717) is 0 Å². The van der Waals surface area contributed by atoms with Crippen molar-refractivity contribution in [1.29, 1.82) is 0 Å². The summed E-state index contributed by atoms with van der Waals surface area (Å²) < 4.78 is 57.5. The number of aliphatic carboxylic acids is 1. The summed E-state index contributed by atoms with van der Waals surface area (Å²) in [5.41, 5.74) is -1.26. The molecule has 0 saturated heterocycles. The second kappa shape index (κ2) is 7.57. The molecular formula is C12H12F4N2O4. The highest BCUT2D eigenvalue weighted by Gasteiger charge is 2.27. The molecule has 10 heteroatoms. The van der Waals surface area contributed by atoms with Gasteiger partial charge in [0.15, 0.2) is 0 Å². The van der Waals surface area contributed by atoms with E-state index in [1.54, 1.807) is 0 Å². The van der Waals surface area contributed by atoms with E-state index in [2.05, 4.69) is 9.72 Å². The van der Waals surface area contributed by atoms with Crippen molar-refractivity contribution in [1.82, 2.24) is 4.98 Å². The molecule has 0 amide bonds. The molecule has 122 valence electrons. The van der Waals surface area contributed by atoms with Gasteiger partial charge < -0.3 is 15.2 Å². The van der Waals surface area contributed by atoms with Gasteiger partial charge in [0.25, 0.3) is 11.9 Å². The van der Waals surface area contributed by atoms with Crippen molar-refractivity contribution < 1.29 is 37.0 Å². The van der Waals surface area contributed by atoms with Crippen LogP contribution in [-0.2, 0) is 14.3 Å². The summed E-state index contributed by atoms with van der Waals surface area (Å²) in [6.07, 6.45) is -0.936. The number of esters is 1. The number of halogens is 4. The van der Waals surface area contributed by atoms with Gasteiger partial charge in [-0.25, -0.2) is 4.79 Å². The molecule has 0 aliphatic heterocycles. The molecule has 1 atom stereocenters. The summed E-state index contributed by atoms with van der Waals surface area (Å²) in [4.78, 5) is 24.5. The Morgan fingerprint density at radius 2 is 1.77 bits per heavy atom. The van der Waals surface area contributed by atoms with E-state index in [-0.39, 0.29) is 6.61 Å². The molecule has 0 saturated carbocycles. The molecule has 1 heterocycles. The zero-order chi connectivity index (χ0) is 16.9. The third-order valence-electron chi connectivity index (χ3n) is 2.53. The number of anilines is 1. The van der Waals surface area contributed by atoms with Crippen molar-refractivity contribution in [3.8, 4) is 0 Å². The van der Waals surface area contributed by atoms with Gasteiger partial charge >= 0.3 is 11.9 Å². The summed E-state index contributed by atoms with van der Waals surface area (Å²) in [5.74, 6) is -9.75. The van der Waals surface area contributed by atoms with Crippen LogP contribution in [0.2, 0.25) is 0 Å². The highest BCUT2D eigenvalue weighted by molar-refractivity contribution is 5.80. The molecule has 2 N–H and O–H groups in total. The molecular weight excluding hydrogens is 312 g/mol. The monoisotopic (exact) mass is 324 g/mol. The molecule has 1 unspecified atom stereocenters. The number of carboxylic acid groups (broad SMARTS) is 1. The van der Waals surface area contributed by atoms with Crippen LogP contribution in [0.3, 0.4) is 0 Å². The summed E-state index contributed by atoms with van der Waals surface area (Å²) >= 11 is 0. The third-order valence-corrected chi connectivity index (χ3v) is 2.53. The average molecular weight is 324 g/mol. The minimum atomic E-state index is -1.90. The lowest BCUT2D eigenvalue weighted by Crippen LogP contribution is -2.33. The second-order valence-electron chi connectivity index (χ2n) is 4.08. The van der Waals surface area contributed by atoms with Crippen LogP contribution in [0.25, 0.3) is 0 Å². The number of nitrogens with zero attached hydrogens (tertiary/aromatic N) is 1. The molecule has 0 aliphatic carbocycles. The maximum absolute atomic E-state index is 13.5.